The van der Waals surface area contributed by atoms with Gasteiger partial charge in [-0.3, -0.25) is 0 Å². The molecule has 0 amide bonds. The number of aliphatic carboxylic acids is 1. The van der Waals surface area contributed by atoms with Crippen LogP contribution in [0.1, 0.15) is 34.1 Å². The van der Waals surface area contributed by atoms with Crippen molar-refractivity contribution in [3.05, 3.63) is 12.5 Å². The van der Waals surface area contributed by atoms with E-state index in [2.05, 4.69) is 11.9 Å². The highest BCUT2D eigenvalue weighted by Gasteiger charge is 2.31. The van der Waals surface area contributed by atoms with Crippen molar-refractivity contribution in [1.82, 2.24) is 5.32 Å². The quantitative estimate of drug-likeness (QED) is 0.665. The van der Waals surface area contributed by atoms with Crippen LogP contribution in [0.4, 0.5) is 0 Å². The van der Waals surface area contributed by atoms with Crippen molar-refractivity contribution in [3.63, 3.8) is 0 Å². The molecule has 0 spiro atoms. The fourth-order valence-electron chi connectivity index (χ4n) is 1.08. The molecule has 0 saturated carbocycles. The molecule has 2 N–H and O–H groups in total. The van der Waals surface area contributed by atoms with Crippen molar-refractivity contribution < 1.29 is 14.6 Å². The van der Waals surface area contributed by atoms with Crippen LogP contribution in [0.5, 0.6) is 0 Å². The van der Waals surface area contributed by atoms with Crippen LogP contribution >= 0.6 is 0 Å². The lowest BCUT2D eigenvalue weighted by atomic mass is 9.87. The number of carboxylic acids is 1. The zero-order valence-electron chi connectivity index (χ0n) is 9.96. The van der Waals surface area contributed by atoms with Gasteiger partial charge >= 0.3 is 5.97 Å². The highest BCUT2D eigenvalue weighted by molar-refractivity contribution is 5.74. The van der Waals surface area contributed by atoms with Gasteiger partial charge in [0.1, 0.15) is 6.04 Å². The van der Waals surface area contributed by atoms with Gasteiger partial charge in [-0.25, -0.2) is 4.79 Å². The van der Waals surface area contributed by atoms with Gasteiger partial charge in [-0.05, 0) is 18.4 Å². The Labute approximate surface area is 91.3 Å². The molecule has 0 rings (SSSR count). The molecule has 0 heterocycles. The fraction of sp³-hybridized carbons (Fsp3) is 0.727. The van der Waals surface area contributed by atoms with E-state index in [9.17, 15) is 4.79 Å². The number of hydrogen-bond donors (Lipinski definition) is 2. The van der Waals surface area contributed by atoms with Crippen molar-refractivity contribution in [2.45, 2.75) is 40.2 Å². The molecule has 0 bridgehead atoms. The minimum Gasteiger partial charge on any atom is -0.480 e. The summed E-state index contributed by atoms with van der Waals surface area (Å²) in [4.78, 5) is 11.0. The highest BCUT2D eigenvalue weighted by atomic mass is 16.5. The highest BCUT2D eigenvalue weighted by Crippen LogP contribution is 2.20. The first kappa shape index (κ1) is 13.8. The normalized spacial score (nSPS) is 13.1. The van der Waals surface area contributed by atoms with Crippen molar-refractivity contribution in [2.75, 3.05) is 6.61 Å². The Morgan fingerprint density at radius 3 is 2.40 bits per heavy atom. The van der Waals surface area contributed by atoms with Crippen LogP contribution in [0.3, 0.4) is 0 Å². The van der Waals surface area contributed by atoms with Crippen LogP contribution in [0.2, 0.25) is 0 Å². The summed E-state index contributed by atoms with van der Waals surface area (Å²) in [5.74, 6) is -0.581. The van der Waals surface area contributed by atoms with Crippen LogP contribution in [0.25, 0.3) is 0 Å². The summed E-state index contributed by atoms with van der Waals surface area (Å²) in [6.07, 6.45) is 0.869. The minimum atomic E-state index is -0.899. The average molecular weight is 215 g/mol. The molecule has 0 aliphatic carbocycles. The molecule has 0 aliphatic heterocycles. The number of rotatable bonds is 6. The van der Waals surface area contributed by atoms with Gasteiger partial charge in [0.15, 0.2) is 5.88 Å². The lowest BCUT2D eigenvalue weighted by Gasteiger charge is -2.29. The van der Waals surface area contributed by atoms with Crippen molar-refractivity contribution in [1.29, 1.82) is 0 Å². The van der Waals surface area contributed by atoms with Gasteiger partial charge in [-0.1, -0.05) is 27.7 Å². The molecule has 15 heavy (non-hydrogen) atoms. The smallest absolute Gasteiger partial charge is 0.326 e. The summed E-state index contributed by atoms with van der Waals surface area (Å²) in [7, 11) is 0. The standard InChI is InChI=1S/C11H21NO3/c1-6-7-15-8(2)12-9(10(13)14)11(3,4)5/h9,12H,2,6-7H2,1,3-5H3,(H,13,14)/t9-/m1/s1. The van der Waals surface area contributed by atoms with E-state index >= 15 is 0 Å². The average Bonchev–Trinajstić information content (AvgIpc) is 2.08. The van der Waals surface area contributed by atoms with Crippen LogP contribution in [0.15, 0.2) is 12.5 Å². The largest absolute Gasteiger partial charge is 0.480 e. The van der Waals surface area contributed by atoms with E-state index < -0.39 is 12.0 Å². The molecule has 0 aliphatic rings. The second-order valence-electron chi connectivity index (χ2n) is 4.55. The molecular weight excluding hydrogens is 194 g/mol. The Morgan fingerprint density at radius 1 is 1.53 bits per heavy atom. The predicted molar refractivity (Wildman–Crippen MR) is 59.4 cm³/mol. The van der Waals surface area contributed by atoms with Crippen LogP contribution < -0.4 is 5.32 Å². The summed E-state index contributed by atoms with van der Waals surface area (Å²) in [6.45, 7) is 11.7. The van der Waals surface area contributed by atoms with Crippen molar-refractivity contribution in [3.8, 4) is 0 Å². The lowest BCUT2D eigenvalue weighted by Crippen LogP contribution is -2.46. The zero-order chi connectivity index (χ0) is 12.1. The van der Waals surface area contributed by atoms with Crippen LogP contribution in [-0.2, 0) is 9.53 Å². The van der Waals surface area contributed by atoms with Crippen molar-refractivity contribution in [2.24, 2.45) is 5.41 Å². The van der Waals surface area contributed by atoms with E-state index in [-0.39, 0.29) is 5.41 Å². The summed E-state index contributed by atoms with van der Waals surface area (Å²) in [6, 6.07) is -0.693. The van der Waals surface area contributed by atoms with E-state index in [1.807, 2.05) is 27.7 Å². The fourth-order valence-corrected chi connectivity index (χ4v) is 1.08. The Kier molecular flexibility index (Phi) is 5.19. The Bertz CT molecular complexity index is 230. The lowest BCUT2D eigenvalue weighted by molar-refractivity contribution is -0.142. The van der Waals surface area contributed by atoms with Crippen molar-refractivity contribution >= 4 is 5.97 Å². The van der Waals surface area contributed by atoms with Crippen LogP contribution in [-0.4, -0.2) is 23.7 Å². The SMILES string of the molecule is C=C(N[C@H](C(=O)O)C(C)(C)C)OCCC. The molecule has 4 nitrogen and oxygen atoms in total. The Morgan fingerprint density at radius 2 is 2.07 bits per heavy atom. The van der Waals surface area contributed by atoms with Gasteiger partial charge in [0.05, 0.1) is 6.61 Å². The van der Waals surface area contributed by atoms with Gasteiger partial charge in [0, 0.05) is 0 Å². The molecule has 1 atom stereocenters. The molecule has 0 saturated heterocycles. The molecule has 4 heteroatoms. The minimum absolute atomic E-state index is 0.319. The Balaban J connectivity index is 4.31. The molecule has 88 valence electrons. The maximum Gasteiger partial charge on any atom is 0.326 e. The second kappa shape index (κ2) is 5.63. The van der Waals surface area contributed by atoms with Crippen LogP contribution in [0, 0.1) is 5.41 Å². The molecule has 0 aromatic carbocycles. The number of hydrogen-bond acceptors (Lipinski definition) is 3. The molecule has 0 radical (unpaired) electrons. The molecular formula is C11H21NO3. The summed E-state index contributed by atoms with van der Waals surface area (Å²) in [5, 5.41) is 11.8. The topological polar surface area (TPSA) is 58.6 Å². The summed E-state index contributed by atoms with van der Waals surface area (Å²) in [5.41, 5.74) is -0.385. The third kappa shape index (κ3) is 5.30. The van der Waals surface area contributed by atoms with Gasteiger partial charge in [-0.2, -0.15) is 0 Å². The van der Waals surface area contributed by atoms with E-state index in [1.165, 1.54) is 0 Å². The van der Waals surface area contributed by atoms with Gasteiger partial charge in [0.25, 0.3) is 0 Å². The van der Waals surface area contributed by atoms with E-state index in [1.54, 1.807) is 0 Å². The second-order valence-corrected chi connectivity index (χ2v) is 4.55. The number of carboxylic acid groups (broad SMARTS) is 1. The number of ether oxygens (including phenoxy) is 1. The van der Waals surface area contributed by atoms with E-state index in [0.29, 0.717) is 12.5 Å². The van der Waals surface area contributed by atoms with Gasteiger partial charge < -0.3 is 15.2 Å². The molecule has 0 unspecified atom stereocenters. The summed E-state index contributed by atoms with van der Waals surface area (Å²) < 4.78 is 5.20. The third-order valence-electron chi connectivity index (χ3n) is 1.90. The first-order valence-electron chi connectivity index (χ1n) is 5.10. The maximum atomic E-state index is 11.0. The van der Waals surface area contributed by atoms with E-state index in [4.69, 9.17) is 9.84 Å². The maximum absolute atomic E-state index is 11.0. The predicted octanol–water partition coefficient (Wildman–Crippen LogP) is 1.97. The monoisotopic (exact) mass is 215 g/mol. The molecule has 0 aromatic heterocycles. The first-order chi connectivity index (χ1) is 6.79. The van der Waals surface area contributed by atoms with Gasteiger partial charge in [0.2, 0.25) is 0 Å². The first-order valence-corrected chi connectivity index (χ1v) is 5.10. The number of carbonyl (C=O) groups is 1. The van der Waals surface area contributed by atoms with E-state index in [0.717, 1.165) is 6.42 Å². The number of nitrogens with one attached hydrogen (secondary N) is 1. The third-order valence-corrected chi connectivity index (χ3v) is 1.90. The molecule has 0 aromatic rings. The zero-order valence-corrected chi connectivity index (χ0v) is 9.96. The van der Waals surface area contributed by atoms with Gasteiger partial charge in [-0.15, -0.1) is 0 Å². The summed E-state index contributed by atoms with van der Waals surface area (Å²) >= 11 is 0. The molecule has 0 fully saturated rings. The Hall–Kier alpha value is -1.19.